The van der Waals surface area contributed by atoms with Gasteiger partial charge in [-0.25, -0.2) is 15.0 Å². The van der Waals surface area contributed by atoms with Gasteiger partial charge in [0.15, 0.2) is 4.73 Å². The van der Waals surface area contributed by atoms with Gasteiger partial charge < -0.3 is 4.90 Å². The smallest absolute Gasteiger partial charge is 0.196 e. The van der Waals surface area contributed by atoms with Gasteiger partial charge in [0, 0.05) is 14.1 Å². The average Bonchev–Trinajstić information content (AvgIpc) is 2.15. The highest BCUT2D eigenvalue weighted by molar-refractivity contribution is 9.10. The minimum atomic E-state index is 0.609. The molecule has 0 bridgehead atoms. The van der Waals surface area contributed by atoms with E-state index in [1.807, 2.05) is 25.9 Å². The number of hydrogen-bond acceptors (Lipinski definition) is 3. The third-order valence-electron chi connectivity index (χ3n) is 1.58. The van der Waals surface area contributed by atoms with E-state index < -0.39 is 0 Å². The largest absolute Gasteiger partial charge is 0.369 e. The molecule has 14 heavy (non-hydrogen) atoms. The van der Waals surface area contributed by atoms with Crippen LogP contribution in [0.3, 0.4) is 0 Å². The molecule has 0 unspecified atom stereocenters. The van der Waals surface area contributed by atoms with Crippen molar-refractivity contribution >= 4 is 28.0 Å². The van der Waals surface area contributed by atoms with Crippen molar-refractivity contribution in [2.24, 2.45) is 4.99 Å². The molecule has 0 aliphatic carbocycles. The van der Waals surface area contributed by atoms with Gasteiger partial charge >= 0.3 is 0 Å². The van der Waals surface area contributed by atoms with Gasteiger partial charge in [0.2, 0.25) is 0 Å². The van der Waals surface area contributed by atoms with E-state index in [1.165, 1.54) is 0 Å². The number of aryl methyl sites for hydroxylation is 1. The van der Waals surface area contributed by atoms with Gasteiger partial charge in [0.1, 0.15) is 5.69 Å². The fourth-order valence-corrected chi connectivity index (χ4v) is 1.25. The van der Waals surface area contributed by atoms with Crippen LogP contribution in [0.25, 0.3) is 0 Å². The van der Waals surface area contributed by atoms with Crippen LogP contribution in [0.4, 0.5) is 5.69 Å². The number of aliphatic imine (C=N–C) groups is 1. The summed E-state index contributed by atoms with van der Waals surface area (Å²) in [6.07, 6.45) is 4.31. The quantitative estimate of drug-likeness (QED) is 0.472. The zero-order valence-corrected chi connectivity index (χ0v) is 10.1. The van der Waals surface area contributed by atoms with Crippen molar-refractivity contribution in [3.63, 3.8) is 0 Å². The summed E-state index contributed by atoms with van der Waals surface area (Å²) in [6.45, 7) is 2.05. The van der Waals surface area contributed by atoms with Crippen LogP contribution >= 0.6 is 15.9 Å². The molecule has 0 aliphatic rings. The fraction of sp³-hybridized carbons (Fsp3) is 0.444. The van der Waals surface area contributed by atoms with Gasteiger partial charge in [-0.2, -0.15) is 0 Å². The summed E-state index contributed by atoms with van der Waals surface area (Å²) in [7, 11) is 3.85. The molecule has 1 aromatic heterocycles. The zero-order chi connectivity index (χ0) is 10.6. The summed E-state index contributed by atoms with van der Waals surface area (Å²) >= 11 is 3.23. The van der Waals surface area contributed by atoms with Gasteiger partial charge in [-0.1, -0.05) is 6.92 Å². The fourth-order valence-electron chi connectivity index (χ4n) is 0.932. The van der Waals surface area contributed by atoms with Crippen LogP contribution < -0.4 is 0 Å². The molecule has 0 amide bonds. The number of aromatic nitrogens is 2. The van der Waals surface area contributed by atoms with Crippen LogP contribution in [0.15, 0.2) is 15.9 Å². The highest BCUT2D eigenvalue weighted by atomic mass is 79.9. The van der Waals surface area contributed by atoms with E-state index in [4.69, 9.17) is 0 Å². The van der Waals surface area contributed by atoms with E-state index in [-0.39, 0.29) is 0 Å². The highest BCUT2D eigenvalue weighted by Crippen LogP contribution is 2.17. The molecule has 0 aliphatic heterocycles. The number of rotatable bonds is 3. The van der Waals surface area contributed by atoms with E-state index in [0.29, 0.717) is 4.73 Å². The number of nitrogens with zero attached hydrogens (tertiary/aromatic N) is 4. The van der Waals surface area contributed by atoms with Crippen LogP contribution in [0.5, 0.6) is 0 Å². The molecule has 1 aromatic rings. The number of halogens is 1. The normalized spacial score (nSPS) is 10.9. The maximum atomic E-state index is 4.27. The van der Waals surface area contributed by atoms with Gasteiger partial charge in [-0.3, -0.25) is 0 Å². The summed E-state index contributed by atoms with van der Waals surface area (Å²) in [5.74, 6) is 0. The van der Waals surface area contributed by atoms with Crippen LogP contribution in [0.2, 0.25) is 0 Å². The van der Waals surface area contributed by atoms with E-state index in [1.54, 1.807) is 12.5 Å². The average molecular weight is 257 g/mol. The van der Waals surface area contributed by atoms with Gasteiger partial charge in [-0.05, 0) is 22.4 Å². The lowest BCUT2D eigenvalue weighted by Crippen LogP contribution is -2.07. The minimum absolute atomic E-state index is 0.609. The Morgan fingerprint density at radius 1 is 1.57 bits per heavy atom. The Morgan fingerprint density at radius 2 is 2.29 bits per heavy atom. The Bertz CT molecular complexity index is 336. The van der Waals surface area contributed by atoms with Crippen LogP contribution in [-0.4, -0.2) is 35.3 Å². The molecule has 0 fully saturated rings. The lowest BCUT2D eigenvalue weighted by Gasteiger charge is -2.04. The third-order valence-corrected chi connectivity index (χ3v) is 1.96. The predicted molar refractivity (Wildman–Crippen MR) is 60.9 cm³/mol. The molecule has 0 spiro atoms. The number of hydrogen-bond donors (Lipinski definition) is 0. The second-order valence-corrected chi connectivity index (χ2v) is 3.74. The molecule has 0 atom stereocenters. The molecule has 1 rings (SSSR count). The summed E-state index contributed by atoms with van der Waals surface area (Å²) in [6, 6.07) is 0. The van der Waals surface area contributed by atoms with Gasteiger partial charge in [0.25, 0.3) is 0 Å². The van der Waals surface area contributed by atoms with Crippen LogP contribution in [0, 0.1) is 0 Å². The maximum Gasteiger partial charge on any atom is 0.196 e. The Morgan fingerprint density at radius 3 is 2.86 bits per heavy atom. The molecule has 0 saturated carbocycles. The van der Waals surface area contributed by atoms with Crippen molar-refractivity contribution in [1.29, 1.82) is 0 Å². The minimum Gasteiger partial charge on any atom is -0.369 e. The first kappa shape index (κ1) is 11.1. The highest BCUT2D eigenvalue weighted by Gasteiger charge is 2.01. The Labute approximate surface area is 92.2 Å². The molecule has 0 aromatic carbocycles. The first-order chi connectivity index (χ1) is 6.63. The van der Waals surface area contributed by atoms with E-state index in [0.717, 1.165) is 17.8 Å². The molecule has 5 heteroatoms. The van der Waals surface area contributed by atoms with Crippen molar-refractivity contribution in [1.82, 2.24) is 14.9 Å². The molecule has 0 radical (unpaired) electrons. The summed E-state index contributed by atoms with van der Waals surface area (Å²) < 4.78 is 0.609. The Kier molecular flexibility index (Phi) is 4.00. The standard InChI is InChI=1S/C9H13BrN4/c1-4-7-8(12-6-14(2)3)5-11-9(10)13-7/h5-6H,4H2,1-3H3. The maximum absolute atomic E-state index is 4.27. The molecular weight excluding hydrogens is 244 g/mol. The molecular formula is C9H13BrN4. The monoisotopic (exact) mass is 256 g/mol. The molecule has 0 saturated heterocycles. The van der Waals surface area contributed by atoms with Gasteiger partial charge in [-0.15, -0.1) is 0 Å². The second-order valence-electron chi connectivity index (χ2n) is 3.03. The summed E-state index contributed by atoms with van der Waals surface area (Å²) in [5, 5.41) is 0. The van der Waals surface area contributed by atoms with Crippen LogP contribution in [0.1, 0.15) is 12.6 Å². The van der Waals surface area contributed by atoms with Crippen molar-refractivity contribution in [3.8, 4) is 0 Å². The first-order valence-electron chi connectivity index (χ1n) is 4.35. The lowest BCUT2D eigenvalue weighted by atomic mass is 10.3. The molecule has 4 nitrogen and oxygen atoms in total. The SMILES string of the molecule is CCc1nc(Br)ncc1N=CN(C)C. The third kappa shape index (κ3) is 3.06. The van der Waals surface area contributed by atoms with E-state index in [2.05, 4.69) is 30.9 Å². The van der Waals surface area contributed by atoms with E-state index in [9.17, 15) is 0 Å². The van der Waals surface area contributed by atoms with E-state index >= 15 is 0 Å². The van der Waals surface area contributed by atoms with Crippen molar-refractivity contribution in [2.75, 3.05) is 14.1 Å². The predicted octanol–water partition coefficient (Wildman–Crippen LogP) is 2.02. The second kappa shape index (κ2) is 5.05. The van der Waals surface area contributed by atoms with Crippen molar-refractivity contribution < 1.29 is 0 Å². The molecule has 1 heterocycles. The summed E-state index contributed by atoms with van der Waals surface area (Å²) in [4.78, 5) is 14.4. The Hall–Kier alpha value is -0.970. The lowest BCUT2D eigenvalue weighted by molar-refractivity contribution is 0.643. The summed E-state index contributed by atoms with van der Waals surface area (Å²) in [5.41, 5.74) is 1.77. The molecule has 76 valence electrons. The van der Waals surface area contributed by atoms with Gasteiger partial charge in [0.05, 0.1) is 18.2 Å². The van der Waals surface area contributed by atoms with Crippen molar-refractivity contribution in [3.05, 3.63) is 16.6 Å². The Balaban J connectivity index is 2.96. The first-order valence-corrected chi connectivity index (χ1v) is 5.14. The topological polar surface area (TPSA) is 41.4 Å². The zero-order valence-electron chi connectivity index (χ0n) is 8.53. The molecule has 0 N–H and O–H groups in total. The van der Waals surface area contributed by atoms with Crippen LogP contribution in [-0.2, 0) is 6.42 Å². The van der Waals surface area contributed by atoms with Crippen molar-refractivity contribution in [2.45, 2.75) is 13.3 Å².